The smallest absolute Gasteiger partial charge is 0.343 e. The van der Waals surface area contributed by atoms with Crippen LogP contribution in [0.5, 0.6) is 17.2 Å². The summed E-state index contributed by atoms with van der Waals surface area (Å²) in [7, 11) is 0. The zero-order valence-corrected chi connectivity index (χ0v) is 25.2. The summed E-state index contributed by atoms with van der Waals surface area (Å²) >= 11 is 0. The minimum absolute atomic E-state index is 0.139. The summed E-state index contributed by atoms with van der Waals surface area (Å²) in [5.41, 5.74) is 2.87. The van der Waals surface area contributed by atoms with Crippen LogP contribution in [0.3, 0.4) is 0 Å². The fourth-order valence-electron chi connectivity index (χ4n) is 5.02. The quantitative estimate of drug-likeness (QED) is 0.154. The molecule has 0 N–H and O–H groups in total. The van der Waals surface area contributed by atoms with Crippen LogP contribution in [0.25, 0.3) is 0 Å². The van der Waals surface area contributed by atoms with Crippen molar-refractivity contribution in [1.82, 2.24) is 0 Å². The maximum atomic E-state index is 12.8. The number of hydrogen-bond acceptors (Lipinski definition) is 8. The number of hydrogen-bond donors (Lipinski definition) is 0. The van der Waals surface area contributed by atoms with Gasteiger partial charge in [0.1, 0.15) is 17.2 Å². The van der Waals surface area contributed by atoms with E-state index < -0.39 is 11.9 Å². The first-order chi connectivity index (χ1) is 20.8. The molecule has 0 radical (unpaired) electrons. The highest BCUT2D eigenvalue weighted by Gasteiger charge is 2.37. The van der Waals surface area contributed by atoms with Crippen molar-refractivity contribution in [3.8, 4) is 17.2 Å². The first kappa shape index (κ1) is 30.7. The van der Waals surface area contributed by atoms with E-state index in [1.165, 1.54) is 0 Å². The maximum Gasteiger partial charge on any atom is 0.343 e. The lowest BCUT2D eigenvalue weighted by Crippen LogP contribution is -2.45. The summed E-state index contributed by atoms with van der Waals surface area (Å²) in [5, 5.41) is 0. The molecule has 8 nitrogen and oxygen atoms in total. The molecule has 0 bridgehead atoms. The highest BCUT2D eigenvalue weighted by atomic mass is 16.5. The summed E-state index contributed by atoms with van der Waals surface area (Å²) in [6.07, 6.45) is 3.04. The lowest BCUT2D eigenvalue weighted by Gasteiger charge is -2.40. The van der Waals surface area contributed by atoms with E-state index in [-0.39, 0.29) is 10.8 Å². The van der Waals surface area contributed by atoms with Gasteiger partial charge < -0.3 is 28.4 Å². The van der Waals surface area contributed by atoms with E-state index in [1.807, 2.05) is 12.1 Å². The van der Waals surface area contributed by atoms with Crippen molar-refractivity contribution >= 4 is 11.9 Å². The Bertz CT molecular complexity index is 1380. The Hall–Kier alpha value is -3.72. The van der Waals surface area contributed by atoms with Crippen LogP contribution in [0.15, 0.2) is 66.7 Å². The van der Waals surface area contributed by atoms with Gasteiger partial charge in [0.05, 0.1) is 57.4 Å². The zero-order chi connectivity index (χ0) is 30.3. The summed E-state index contributed by atoms with van der Waals surface area (Å²) in [6, 6.07) is 19.0. The van der Waals surface area contributed by atoms with Crippen molar-refractivity contribution in [2.24, 2.45) is 10.8 Å². The van der Waals surface area contributed by atoms with Gasteiger partial charge in [-0.05, 0) is 91.9 Å². The van der Waals surface area contributed by atoms with E-state index in [0.29, 0.717) is 53.8 Å². The van der Waals surface area contributed by atoms with Crippen LogP contribution in [0.1, 0.15) is 65.0 Å². The molecule has 2 saturated heterocycles. The lowest BCUT2D eigenvalue weighted by molar-refractivity contribution is -0.152. The molecule has 43 heavy (non-hydrogen) atoms. The minimum atomic E-state index is -0.481. The second kappa shape index (κ2) is 13.7. The molecule has 2 fully saturated rings. The average Bonchev–Trinajstić information content (AvgIpc) is 2.98. The van der Waals surface area contributed by atoms with Gasteiger partial charge in [0.2, 0.25) is 0 Å². The van der Waals surface area contributed by atoms with Crippen molar-refractivity contribution in [3.63, 3.8) is 0 Å². The molecule has 5 rings (SSSR count). The predicted molar refractivity (Wildman–Crippen MR) is 161 cm³/mol. The molecule has 2 heterocycles. The molecule has 0 amide bonds. The molecule has 0 atom stereocenters. The van der Waals surface area contributed by atoms with Crippen LogP contribution in [0, 0.1) is 17.8 Å². The van der Waals surface area contributed by atoms with E-state index in [1.54, 1.807) is 61.5 Å². The molecule has 8 heteroatoms. The van der Waals surface area contributed by atoms with Gasteiger partial charge in [0.15, 0.2) is 0 Å². The molecule has 0 unspecified atom stereocenters. The first-order valence-electron chi connectivity index (χ1n) is 14.9. The largest absolute Gasteiger partial charge is 0.494 e. The van der Waals surface area contributed by atoms with Crippen molar-refractivity contribution < 1.29 is 38.0 Å². The number of carbonyl (C=O) groups excluding carboxylic acids is 2. The van der Waals surface area contributed by atoms with Gasteiger partial charge in [-0.25, -0.2) is 9.59 Å². The van der Waals surface area contributed by atoms with Crippen molar-refractivity contribution in [2.45, 2.75) is 46.6 Å². The minimum Gasteiger partial charge on any atom is -0.494 e. The van der Waals surface area contributed by atoms with Gasteiger partial charge in [-0.15, -0.1) is 0 Å². The van der Waals surface area contributed by atoms with Gasteiger partial charge in [0, 0.05) is 10.8 Å². The Balaban J connectivity index is 1.08. The molecule has 3 aromatic rings. The number of rotatable bonds is 14. The number of esters is 2. The fraction of sp³-hybridized carbons (Fsp3) is 0.429. The number of benzene rings is 3. The van der Waals surface area contributed by atoms with Crippen LogP contribution >= 0.6 is 0 Å². The standard InChI is InChI=1S/C35H40O8/c1-4-34(20-39-21-34)16-17-41-29-12-10-28(11-13-29)33(37)43-31-15-14-30(18-25(31)3)42-32(36)27-8-6-26(7-9-27)19-38-22-35(5-2)23-40-24-35/h6-15,18H,4-5,16-17,19-24H2,1-3H3. The topological polar surface area (TPSA) is 89.5 Å². The van der Waals surface area contributed by atoms with Crippen LogP contribution < -0.4 is 14.2 Å². The lowest BCUT2D eigenvalue weighted by atomic mass is 9.80. The molecular weight excluding hydrogens is 548 g/mol. The number of aryl methyl sites for hydroxylation is 1. The van der Waals surface area contributed by atoms with Crippen molar-refractivity contribution in [3.05, 3.63) is 89.0 Å². The van der Waals surface area contributed by atoms with Crippen LogP contribution in [0.2, 0.25) is 0 Å². The van der Waals surface area contributed by atoms with Crippen LogP contribution in [0.4, 0.5) is 0 Å². The molecule has 2 aliphatic rings. The Morgan fingerprint density at radius 1 is 0.744 bits per heavy atom. The third kappa shape index (κ3) is 7.63. The molecule has 0 spiro atoms. The molecule has 0 saturated carbocycles. The van der Waals surface area contributed by atoms with Gasteiger partial charge in [0.25, 0.3) is 0 Å². The molecular formula is C35H40O8. The number of ether oxygens (including phenoxy) is 6. The number of carbonyl (C=O) groups is 2. The van der Waals surface area contributed by atoms with Crippen molar-refractivity contribution in [2.75, 3.05) is 39.6 Å². The SMILES string of the molecule is CCC1(CCOc2ccc(C(=O)Oc3ccc(OC(=O)c4ccc(COCC5(CC)COC5)cc4)cc3C)cc2)COC1. The van der Waals surface area contributed by atoms with Gasteiger partial charge in [-0.3, -0.25) is 0 Å². The zero-order valence-electron chi connectivity index (χ0n) is 25.2. The van der Waals surface area contributed by atoms with E-state index in [4.69, 9.17) is 28.4 Å². The summed E-state index contributed by atoms with van der Waals surface area (Å²) in [6.45, 7) is 10.9. The van der Waals surface area contributed by atoms with E-state index in [9.17, 15) is 9.59 Å². The Morgan fingerprint density at radius 2 is 1.33 bits per heavy atom. The second-order valence-corrected chi connectivity index (χ2v) is 11.7. The monoisotopic (exact) mass is 588 g/mol. The fourth-order valence-corrected chi connectivity index (χ4v) is 5.02. The van der Waals surface area contributed by atoms with E-state index in [0.717, 1.165) is 51.3 Å². The average molecular weight is 589 g/mol. The van der Waals surface area contributed by atoms with Gasteiger partial charge in [-0.1, -0.05) is 26.0 Å². The normalized spacial score (nSPS) is 16.4. The maximum absolute atomic E-state index is 12.8. The van der Waals surface area contributed by atoms with Gasteiger partial charge >= 0.3 is 11.9 Å². The summed E-state index contributed by atoms with van der Waals surface area (Å²) in [5.74, 6) is 0.507. The Kier molecular flexibility index (Phi) is 9.80. The molecule has 2 aliphatic heterocycles. The molecule has 3 aromatic carbocycles. The van der Waals surface area contributed by atoms with Crippen molar-refractivity contribution in [1.29, 1.82) is 0 Å². The summed E-state index contributed by atoms with van der Waals surface area (Å²) < 4.78 is 33.6. The van der Waals surface area contributed by atoms with E-state index >= 15 is 0 Å². The highest BCUT2D eigenvalue weighted by molar-refractivity contribution is 5.92. The third-order valence-electron chi connectivity index (χ3n) is 8.55. The van der Waals surface area contributed by atoms with Crippen LogP contribution in [-0.4, -0.2) is 51.6 Å². The molecule has 228 valence electrons. The molecule has 0 aromatic heterocycles. The Labute approximate surface area is 253 Å². The Morgan fingerprint density at radius 3 is 1.88 bits per heavy atom. The first-order valence-corrected chi connectivity index (χ1v) is 14.9. The molecule has 0 aliphatic carbocycles. The highest BCUT2D eigenvalue weighted by Crippen LogP contribution is 2.35. The van der Waals surface area contributed by atoms with Crippen LogP contribution in [-0.2, 0) is 20.8 Å². The summed E-state index contributed by atoms with van der Waals surface area (Å²) in [4.78, 5) is 25.5. The predicted octanol–water partition coefficient (Wildman–Crippen LogP) is 6.57. The second-order valence-electron chi connectivity index (χ2n) is 11.7. The van der Waals surface area contributed by atoms with Gasteiger partial charge in [-0.2, -0.15) is 0 Å². The van der Waals surface area contributed by atoms with E-state index in [2.05, 4.69) is 13.8 Å². The third-order valence-corrected chi connectivity index (χ3v) is 8.55.